The molecule has 1 atom stereocenters. The van der Waals surface area contributed by atoms with Crippen molar-refractivity contribution in [2.75, 3.05) is 6.61 Å². The Bertz CT molecular complexity index is 1250. The highest BCUT2D eigenvalue weighted by atomic mass is 19.1. The molecule has 2 heterocycles. The molecule has 4 aromatic rings. The van der Waals surface area contributed by atoms with Crippen molar-refractivity contribution < 1.29 is 14.3 Å². The van der Waals surface area contributed by atoms with Crippen LogP contribution in [0.25, 0.3) is 10.8 Å². The van der Waals surface area contributed by atoms with Crippen molar-refractivity contribution in [2.24, 2.45) is 7.05 Å². The van der Waals surface area contributed by atoms with Crippen molar-refractivity contribution in [1.29, 1.82) is 0 Å². The van der Waals surface area contributed by atoms with E-state index in [-0.39, 0.29) is 18.3 Å². The number of hydrogen-bond acceptors (Lipinski definition) is 4. The van der Waals surface area contributed by atoms with Crippen LogP contribution in [0.2, 0.25) is 0 Å². The van der Waals surface area contributed by atoms with Crippen LogP contribution in [-0.4, -0.2) is 32.4 Å². The number of aromatic nitrogens is 3. The van der Waals surface area contributed by atoms with E-state index in [1.54, 1.807) is 48.3 Å². The summed E-state index contributed by atoms with van der Waals surface area (Å²) in [6, 6.07) is 13.2. The molecule has 0 aliphatic rings. The molecule has 0 saturated carbocycles. The molecule has 1 amide bonds. The maximum absolute atomic E-state index is 13.9. The van der Waals surface area contributed by atoms with Gasteiger partial charge in [0.05, 0.1) is 12.6 Å². The van der Waals surface area contributed by atoms with Crippen molar-refractivity contribution in [3.8, 4) is 0 Å². The average molecular weight is 418 g/mol. The zero-order chi connectivity index (χ0) is 22.0. The highest BCUT2D eigenvalue weighted by Crippen LogP contribution is 2.20. The summed E-state index contributed by atoms with van der Waals surface area (Å²) in [7, 11) is 1.89. The quantitative estimate of drug-likeness (QED) is 0.503. The van der Waals surface area contributed by atoms with Gasteiger partial charge in [0.25, 0.3) is 5.91 Å². The Kier molecular flexibility index (Phi) is 5.77. The van der Waals surface area contributed by atoms with E-state index < -0.39 is 6.04 Å². The molecule has 0 saturated heterocycles. The van der Waals surface area contributed by atoms with Crippen LogP contribution in [-0.2, 0) is 13.5 Å². The fraction of sp³-hybridized carbons (Fsp3) is 0.208. The third-order valence-electron chi connectivity index (χ3n) is 5.41. The Balaban J connectivity index is 1.56. The normalized spacial score (nSPS) is 12.1. The van der Waals surface area contributed by atoms with E-state index in [1.165, 1.54) is 6.07 Å². The molecule has 0 radical (unpaired) electrons. The highest BCUT2D eigenvalue weighted by Gasteiger charge is 2.17. The van der Waals surface area contributed by atoms with Crippen LogP contribution in [0.5, 0.6) is 0 Å². The fourth-order valence-electron chi connectivity index (χ4n) is 3.49. The number of carbonyl (C=O) groups is 1. The largest absolute Gasteiger partial charge is 0.394 e. The molecule has 0 aliphatic heterocycles. The topological polar surface area (TPSA) is 80.0 Å². The van der Waals surface area contributed by atoms with Gasteiger partial charge in [-0.15, -0.1) is 0 Å². The Morgan fingerprint density at radius 3 is 2.71 bits per heavy atom. The summed E-state index contributed by atoms with van der Waals surface area (Å²) in [5, 5.41) is 18.5. The highest BCUT2D eigenvalue weighted by molar-refractivity contribution is 5.98. The Morgan fingerprint density at radius 2 is 2.00 bits per heavy atom. The number of aliphatic hydroxyl groups excluding tert-OH is 1. The van der Waals surface area contributed by atoms with E-state index in [1.807, 2.05) is 25.2 Å². The predicted octanol–water partition coefficient (Wildman–Crippen LogP) is 3.47. The number of aliphatic hydroxyl groups is 1. The molecular weight excluding hydrogens is 395 g/mol. The summed E-state index contributed by atoms with van der Waals surface area (Å²) in [5.74, 6) is -0.712. The second-order valence-corrected chi connectivity index (χ2v) is 7.58. The number of benzene rings is 2. The van der Waals surface area contributed by atoms with E-state index >= 15 is 0 Å². The van der Waals surface area contributed by atoms with Crippen molar-refractivity contribution in [3.63, 3.8) is 0 Å². The van der Waals surface area contributed by atoms with E-state index in [4.69, 9.17) is 0 Å². The molecule has 31 heavy (non-hydrogen) atoms. The van der Waals surface area contributed by atoms with Crippen LogP contribution in [0.15, 0.2) is 60.9 Å². The number of halogens is 1. The first-order valence-electron chi connectivity index (χ1n) is 9.98. The summed E-state index contributed by atoms with van der Waals surface area (Å²) in [6.45, 7) is 1.33. The van der Waals surface area contributed by atoms with Crippen LogP contribution < -0.4 is 5.32 Å². The number of aryl methyl sites for hydroxylation is 2. The Morgan fingerprint density at radius 1 is 1.16 bits per heavy atom. The van der Waals surface area contributed by atoms with Crippen LogP contribution >= 0.6 is 0 Å². The van der Waals surface area contributed by atoms with Crippen LogP contribution in [0.4, 0.5) is 4.39 Å². The van der Waals surface area contributed by atoms with Gasteiger partial charge < -0.3 is 10.4 Å². The van der Waals surface area contributed by atoms with Gasteiger partial charge in [-0.3, -0.25) is 14.5 Å². The van der Waals surface area contributed by atoms with Crippen molar-refractivity contribution in [3.05, 3.63) is 94.8 Å². The molecule has 4 rings (SSSR count). The fourth-order valence-corrected chi connectivity index (χ4v) is 3.49. The standard InChI is InChI=1S/C24H23FN4O2/c1-15-3-4-16(11-22(15)25)23(14-30)28-24(31)17-5-6-18-13-26-20(10-19(18)9-17)12-21-7-8-27-29(21)2/h3-11,13,23,30H,12,14H2,1-2H3,(H,28,31)/t23-/m1/s1. The number of carbonyl (C=O) groups excluding carboxylic acids is 1. The molecule has 6 nitrogen and oxygen atoms in total. The van der Waals surface area contributed by atoms with Gasteiger partial charge in [-0.2, -0.15) is 5.10 Å². The second kappa shape index (κ2) is 8.65. The molecular formula is C24H23FN4O2. The van der Waals surface area contributed by atoms with E-state index in [0.29, 0.717) is 23.1 Å². The summed E-state index contributed by atoms with van der Waals surface area (Å²) in [5.41, 5.74) is 3.39. The predicted molar refractivity (Wildman–Crippen MR) is 116 cm³/mol. The first-order valence-corrected chi connectivity index (χ1v) is 9.98. The molecule has 0 spiro atoms. The van der Waals surface area contributed by atoms with Gasteiger partial charge in [0.15, 0.2) is 0 Å². The third-order valence-corrected chi connectivity index (χ3v) is 5.41. The zero-order valence-electron chi connectivity index (χ0n) is 17.3. The molecule has 2 N–H and O–H groups in total. The van der Waals surface area contributed by atoms with E-state index in [9.17, 15) is 14.3 Å². The molecule has 2 aromatic carbocycles. The lowest BCUT2D eigenvalue weighted by molar-refractivity contribution is 0.0916. The second-order valence-electron chi connectivity index (χ2n) is 7.58. The monoisotopic (exact) mass is 418 g/mol. The van der Waals surface area contributed by atoms with Crippen molar-refractivity contribution >= 4 is 16.7 Å². The van der Waals surface area contributed by atoms with E-state index in [0.717, 1.165) is 22.2 Å². The minimum atomic E-state index is -0.698. The smallest absolute Gasteiger partial charge is 0.251 e. The number of pyridine rings is 1. The van der Waals surface area contributed by atoms with Gasteiger partial charge in [-0.25, -0.2) is 4.39 Å². The van der Waals surface area contributed by atoms with Crippen molar-refractivity contribution in [2.45, 2.75) is 19.4 Å². The maximum atomic E-state index is 13.9. The number of nitrogens with zero attached hydrogens (tertiary/aromatic N) is 3. The molecule has 0 unspecified atom stereocenters. The first kappa shape index (κ1) is 20.7. The lowest BCUT2D eigenvalue weighted by atomic mass is 10.0. The van der Waals surface area contributed by atoms with Gasteiger partial charge >= 0.3 is 0 Å². The maximum Gasteiger partial charge on any atom is 0.251 e. The zero-order valence-corrected chi connectivity index (χ0v) is 17.3. The molecule has 2 aromatic heterocycles. The minimum Gasteiger partial charge on any atom is -0.394 e. The number of hydrogen-bond donors (Lipinski definition) is 2. The number of fused-ring (bicyclic) bond motifs is 1. The first-order chi connectivity index (χ1) is 14.9. The lowest BCUT2D eigenvalue weighted by Crippen LogP contribution is -2.30. The van der Waals surface area contributed by atoms with Gasteiger partial charge in [0.1, 0.15) is 5.82 Å². The van der Waals surface area contributed by atoms with Crippen LogP contribution in [0.3, 0.4) is 0 Å². The van der Waals surface area contributed by atoms with E-state index in [2.05, 4.69) is 15.4 Å². The SMILES string of the molecule is Cc1ccc([C@@H](CO)NC(=O)c2ccc3cnc(Cc4ccnn4C)cc3c2)cc1F. The molecule has 0 aliphatic carbocycles. The van der Waals surface area contributed by atoms with Crippen LogP contribution in [0, 0.1) is 12.7 Å². The Hall–Kier alpha value is -3.58. The van der Waals surface area contributed by atoms with Gasteiger partial charge in [0.2, 0.25) is 0 Å². The lowest BCUT2D eigenvalue weighted by Gasteiger charge is -2.17. The molecule has 0 fully saturated rings. The molecule has 158 valence electrons. The van der Waals surface area contributed by atoms with Gasteiger partial charge in [-0.1, -0.05) is 18.2 Å². The van der Waals surface area contributed by atoms with Crippen molar-refractivity contribution in [1.82, 2.24) is 20.1 Å². The average Bonchev–Trinajstić information content (AvgIpc) is 3.17. The van der Waals surface area contributed by atoms with Gasteiger partial charge in [-0.05, 0) is 53.8 Å². The molecule has 0 bridgehead atoms. The Labute approximate surface area is 179 Å². The summed E-state index contributed by atoms with van der Waals surface area (Å²) >= 11 is 0. The van der Waals surface area contributed by atoms with Crippen LogP contribution in [0.1, 0.15) is 38.9 Å². The third kappa shape index (κ3) is 4.46. The number of rotatable bonds is 6. The summed E-state index contributed by atoms with van der Waals surface area (Å²) < 4.78 is 15.7. The summed E-state index contributed by atoms with van der Waals surface area (Å²) in [4.78, 5) is 17.3. The minimum absolute atomic E-state index is 0.333. The molecule has 7 heteroatoms. The van der Waals surface area contributed by atoms with Gasteiger partial charge in [0, 0.05) is 48.2 Å². The number of amides is 1. The number of nitrogens with one attached hydrogen (secondary N) is 1. The summed E-state index contributed by atoms with van der Waals surface area (Å²) in [6.07, 6.45) is 4.17.